The van der Waals surface area contributed by atoms with Gasteiger partial charge in [0.1, 0.15) is 11.9 Å². The van der Waals surface area contributed by atoms with Gasteiger partial charge in [0.25, 0.3) is 0 Å². The Bertz CT molecular complexity index is 1020. The summed E-state index contributed by atoms with van der Waals surface area (Å²) in [5.41, 5.74) is -2.96. The summed E-state index contributed by atoms with van der Waals surface area (Å²) in [5, 5.41) is 23.9. The van der Waals surface area contributed by atoms with Crippen molar-refractivity contribution in [3.63, 3.8) is 0 Å². The van der Waals surface area contributed by atoms with E-state index in [9.17, 15) is 24.6 Å². The summed E-state index contributed by atoms with van der Waals surface area (Å²) in [6, 6.07) is 0. The molecule has 180 valence electrons. The van der Waals surface area contributed by atoms with Gasteiger partial charge in [0.2, 0.25) is 0 Å². The largest absolute Gasteiger partial charge is 0.451 e. The van der Waals surface area contributed by atoms with Gasteiger partial charge in [-0.1, -0.05) is 32.9 Å². The van der Waals surface area contributed by atoms with Crippen LogP contribution in [-0.4, -0.2) is 45.7 Å². The third-order valence-corrected chi connectivity index (χ3v) is 8.82. The van der Waals surface area contributed by atoms with Gasteiger partial charge in [-0.25, -0.2) is 4.79 Å². The Balaban J connectivity index is 1.93. The monoisotopic (exact) mass is 458 g/mol. The maximum atomic E-state index is 14.3. The van der Waals surface area contributed by atoms with Crippen LogP contribution < -0.4 is 0 Å². The molecule has 4 aliphatic rings. The normalized spacial score (nSPS) is 43.3. The smallest absolute Gasteiger partial charge is 0.334 e. The van der Waals surface area contributed by atoms with Gasteiger partial charge in [-0.05, 0) is 62.0 Å². The Morgan fingerprint density at radius 3 is 2.45 bits per heavy atom. The molecule has 0 radical (unpaired) electrons. The number of ether oxygens (including phenoxy) is 2. The number of carbonyl (C=O) groups excluding carboxylic acids is 3. The minimum Gasteiger partial charge on any atom is -0.451 e. The second-order valence-electron chi connectivity index (χ2n) is 10.9. The maximum Gasteiger partial charge on any atom is 0.334 e. The van der Waals surface area contributed by atoms with Crippen LogP contribution in [0.15, 0.2) is 35.1 Å². The lowest BCUT2D eigenvalue weighted by Crippen LogP contribution is -2.65. The number of fused-ring (bicyclic) bond motifs is 3. The molecule has 0 aromatic heterocycles. The number of aliphatic hydroxyl groups excluding tert-OH is 1. The fourth-order valence-electron chi connectivity index (χ4n) is 6.91. The van der Waals surface area contributed by atoms with Gasteiger partial charge in [-0.15, -0.1) is 0 Å². The molecule has 0 saturated heterocycles. The summed E-state index contributed by atoms with van der Waals surface area (Å²) < 4.78 is 11.1. The lowest BCUT2D eigenvalue weighted by atomic mass is 9.59. The van der Waals surface area contributed by atoms with Crippen molar-refractivity contribution in [3.05, 3.63) is 35.1 Å². The molecule has 7 heteroatoms. The molecular formula is C26H34O7. The number of hydrogen-bond donors (Lipinski definition) is 2. The lowest BCUT2D eigenvalue weighted by molar-refractivity contribution is -0.206. The first kappa shape index (κ1) is 23.9. The lowest BCUT2D eigenvalue weighted by Gasteiger charge is -2.48. The average Bonchev–Trinajstić information content (AvgIpc) is 3.22. The molecule has 0 heterocycles. The van der Waals surface area contributed by atoms with Crippen LogP contribution in [0.4, 0.5) is 0 Å². The summed E-state index contributed by atoms with van der Waals surface area (Å²) in [5.74, 6) is -2.42. The summed E-state index contributed by atoms with van der Waals surface area (Å²) in [7, 11) is 0. The minimum absolute atomic E-state index is 0.00695. The summed E-state index contributed by atoms with van der Waals surface area (Å²) in [6.45, 7) is 12.3. The molecule has 2 N–H and O–H groups in total. The highest BCUT2D eigenvalue weighted by Gasteiger charge is 2.77. The van der Waals surface area contributed by atoms with Crippen molar-refractivity contribution in [1.29, 1.82) is 0 Å². The van der Waals surface area contributed by atoms with Gasteiger partial charge in [0.15, 0.2) is 17.5 Å². The van der Waals surface area contributed by atoms with Crippen LogP contribution in [-0.2, 0) is 23.9 Å². The maximum absolute atomic E-state index is 14.3. The molecule has 33 heavy (non-hydrogen) atoms. The van der Waals surface area contributed by atoms with E-state index in [1.54, 1.807) is 32.9 Å². The van der Waals surface area contributed by atoms with Gasteiger partial charge in [-0.3, -0.25) is 9.59 Å². The van der Waals surface area contributed by atoms with Crippen molar-refractivity contribution >= 4 is 17.7 Å². The van der Waals surface area contributed by atoms with Crippen molar-refractivity contribution in [2.45, 2.75) is 72.7 Å². The Kier molecular flexibility index (Phi) is 5.34. The van der Waals surface area contributed by atoms with E-state index >= 15 is 0 Å². The third kappa shape index (κ3) is 2.98. The summed E-state index contributed by atoms with van der Waals surface area (Å²) in [4.78, 5) is 38.9. The molecule has 2 bridgehead atoms. The first-order valence-corrected chi connectivity index (χ1v) is 11.6. The Morgan fingerprint density at radius 1 is 1.24 bits per heavy atom. The van der Waals surface area contributed by atoms with Crippen molar-refractivity contribution in [1.82, 2.24) is 0 Å². The number of aliphatic hydroxyl groups is 2. The second kappa shape index (κ2) is 7.37. The number of allylic oxidation sites excluding steroid dienone is 2. The molecule has 2 fully saturated rings. The van der Waals surface area contributed by atoms with Gasteiger partial charge in [-0.2, -0.15) is 0 Å². The highest BCUT2D eigenvalue weighted by Crippen LogP contribution is 2.71. The molecule has 0 amide bonds. The zero-order valence-corrected chi connectivity index (χ0v) is 20.3. The molecule has 0 aromatic rings. The van der Waals surface area contributed by atoms with E-state index in [4.69, 9.17) is 9.47 Å². The molecule has 8 atom stereocenters. The molecule has 0 aliphatic heterocycles. The fourth-order valence-corrected chi connectivity index (χ4v) is 6.91. The van der Waals surface area contributed by atoms with Gasteiger partial charge in [0.05, 0.1) is 5.41 Å². The molecule has 0 unspecified atom stereocenters. The number of rotatable bonds is 3. The van der Waals surface area contributed by atoms with E-state index in [0.29, 0.717) is 17.6 Å². The van der Waals surface area contributed by atoms with Crippen molar-refractivity contribution in [2.75, 3.05) is 0 Å². The van der Waals surface area contributed by atoms with Crippen molar-refractivity contribution < 1.29 is 34.1 Å². The second-order valence-corrected chi connectivity index (χ2v) is 10.9. The van der Waals surface area contributed by atoms with Crippen LogP contribution in [0.25, 0.3) is 0 Å². The van der Waals surface area contributed by atoms with E-state index in [1.165, 1.54) is 13.0 Å². The van der Waals surface area contributed by atoms with E-state index in [2.05, 4.69) is 13.8 Å². The fraction of sp³-hybridized carbons (Fsp3) is 0.654. The Morgan fingerprint density at radius 2 is 1.88 bits per heavy atom. The number of Topliss-reactive ketones (excluding diaryl/α,β-unsaturated/α-hetero) is 1. The van der Waals surface area contributed by atoms with Crippen LogP contribution in [0.2, 0.25) is 0 Å². The highest BCUT2D eigenvalue weighted by molar-refractivity contribution is 5.96. The molecular weight excluding hydrogens is 424 g/mol. The summed E-state index contributed by atoms with van der Waals surface area (Å²) >= 11 is 0. The predicted octanol–water partition coefficient (Wildman–Crippen LogP) is 2.86. The average molecular weight is 459 g/mol. The topological polar surface area (TPSA) is 110 Å². The molecule has 4 rings (SSSR count). The number of carbonyl (C=O) groups is 3. The molecule has 2 saturated carbocycles. The molecule has 0 aromatic carbocycles. The van der Waals surface area contributed by atoms with E-state index in [0.717, 1.165) is 0 Å². The minimum atomic E-state index is -2.21. The predicted molar refractivity (Wildman–Crippen MR) is 119 cm³/mol. The Labute approximate surface area is 194 Å². The standard InChI is InChI=1S/C26H34O7/c1-8-12(2)23(30)33-22-13(3)11-25-14(4)9-17-19(24(17,6)7)16(20(25)28)10-18(32-15(5)27)21(29)26(22,25)31/h8,10-11,14,16-17,19,21-22,29,31H,9H2,1-7H3/t14-,16+,17-,19+,21-,22+,25+,26+/m1/s1. The van der Waals surface area contributed by atoms with Crippen molar-refractivity contribution in [3.8, 4) is 0 Å². The van der Waals surface area contributed by atoms with Gasteiger partial charge < -0.3 is 19.7 Å². The van der Waals surface area contributed by atoms with Gasteiger partial charge in [0, 0.05) is 18.4 Å². The van der Waals surface area contributed by atoms with Crippen LogP contribution in [0.3, 0.4) is 0 Å². The number of ketones is 1. The zero-order chi connectivity index (χ0) is 24.7. The quantitative estimate of drug-likeness (QED) is 0.380. The van der Waals surface area contributed by atoms with Crippen molar-refractivity contribution in [2.24, 2.45) is 34.5 Å². The van der Waals surface area contributed by atoms with Crippen LogP contribution in [0, 0.1) is 34.5 Å². The molecule has 1 spiro atoms. The highest BCUT2D eigenvalue weighted by atomic mass is 16.6. The Hall–Kier alpha value is -2.25. The van der Waals surface area contributed by atoms with Crippen LogP contribution in [0.5, 0.6) is 0 Å². The number of esters is 2. The van der Waals surface area contributed by atoms with E-state index in [-0.39, 0.29) is 34.7 Å². The molecule has 4 aliphatic carbocycles. The first-order chi connectivity index (χ1) is 15.2. The summed E-state index contributed by atoms with van der Waals surface area (Å²) in [6.07, 6.45) is 2.48. The van der Waals surface area contributed by atoms with E-state index in [1.807, 2.05) is 6.92 Å². The van der Waals surface area contributed by atoms with E-state index < -0.39 is 41.1 Å². The first-order valence-electron chi connectivity index (χ1n) is 11.6. The van der Waals surface area contributed by atoms with Crippen LogP contribution >= 0.6 is 0 Å². The zero-order valence-electron chi connectivity index (χ0n) is 20.3. The molecule has 7 nitrogen and oxygen atoms in total. The van der Waals surface area contributed by atoms with Gasteiger partial charge >= 0.3 is 11.9 Å². The third-order valence-electron chi connectivity index (χ3n) is 8.82. The van der Waals surface area contributed by atoms with Crippen LogP contribution in [0.1, 0.15) is 54.9 Å². The SMILES string of the molecule is CC=C(C)C(=O)O[C@H]1C(C)=C[C@]23C(=O)[C@@H](C=C(OC(C)=O)[C@@H](O)[C@]12O)[C@H]1[C@@H](C[C@H]3C)C1(C)C. The number of hydrogen-bond acceptors (Lipinski definition) is 7.